The highest BCUT2D eigenvalue weighted by Gasteiger charge is 2.48. The van der Waals surface area contributed by atoms with Gasteiger partial charge in [-0.25, -0.2) is 0 Å². The summed E-state index contributed by atoms with van der Waals surface area (Å²) in [5.74, 6) is 0.803. The molecule has 1 fully saturated rings. The largest absolute Gasteiger partial charge is 0.411 e. The van der Waals surface area contributed by atoms with Crippen molar-refractivity contribution in [2.45, 2.75) is 116 Å². The number of aromatic nitrogens is 1. The van der Waals surface area contributed by atoms with Crippen molar-refractivity contribution in [3.63, 3.8) is 0 Å². The van der Waals surface area contributed by atoms with Gasteiger partial charge in [-0.2, -0.15) is 0 Å². The van der Waals surface area contributed by atoms with Crippen LogP contribution in [0.3, 0.4) is 0 Å². The van der Waals surface area contributed by atoms with Crippen LogP contribution in [0, 0.1) is 5.92 Å². The fourth-order valence-electron chi connectivity index (χ4n) is 3.88. The summed E-state index contributed by atoms with van der Waals surface area (Å²) in [5, 5.41) is 0.348. The first-order valence-electron chi connectivity index (χ1n) is 11.5. The molecule has 2 rings (SSSR count). The highest BCUT2D eigenvalue weighted by molar-refractivity contribution is 6.74. The van der Waals surface area contributed by atoms with Crippen molar-refractivity contribution in [3.05, 3.63) is 24.0 Å². The zero-order valence-electron chi connectivity index (χ0n) is 21.3. The Morgan fingerprint density at radius 3 is 1.97 bits per heavy atom. The molecule has 2 N–H and O–H groups in total. The summed E-state index contributed by atoms with van der Waals surface area (Å²) in [4.78, 5) is 4.19. The summed E-state index contributed by atoms with van der Waals surface area (Å²) in [6, 6.07) is 2.09. The molecule has 0 spiro atoms. The smallest absolute Gasteiger partial charge is 0.192 e. The van der Waals surface area contributed by atoms with E-state index in [1.807, 2.05) is 6.20 Å². The maximum Gasteiger partial charge on any atom is 0.192 e. The summed E-state index contributed by atoms with van der Waals surface area (Å²) < 4.78 is 14.1. The Morgan fingerprint density at radius 1 is 0.933 bits per heavy atom. The Morgan fingerprint density at radius 2 is 1.47 bits per heavy atom. The van der Waals surface area contributed by atoms with Gasteiger partial charge in [-0.05, 0) is 72.6 Å². The van der Waals surface area contributed by atoms with Crippen molar-refractivity contribution in [2.75, 3.05) is 5.73 Å². The molecule has 1 saturated carbocycles. The number of nitrogens with zero attached hydrogens (tertiary/aromatic N) is 1. The molecular weight excluding hydrogens is 404 g/mol. The van der Waals surface area contributed by atoms with E-state index in [2.05, 4.69) is 85.7 Å². The van der Waals surface area contributed by atoms with E-state index < -0.39 is 16.6 Å². The van der Waals surface area contributed by atoms with Gasteiger partial charge in [0, 0.05) is 6.20 Å². The Labute approximate surface area is 187 Å². The molecule has 0 aliphatic heterocycles. The number of rotatable bonds is 5. The van der Waals surface area contributed by atoms with Crippen LogP contribution in [-0.2, 0) is 8.85 Å². The van der Waals surface area contributed by atoms with E-state index in [0.717, 1.165) is 18.5 Å². The van der Waals surface area contributed by atoms with Gasteiger partial charge in [-0.15, -0.1) is 0 Å². The predicted molar refractivity (Wildman–Crippen MR) is 134 cm³/mol. The molecule has 1 aromatic heterocycles. The molecule has 6 heteroatoms. The SMILES string of the molecule is C[C@@H]1C[C@H](c2ccncc2N)C[C@H](O[Si](C)(C)C(C)(C)C)C1O[Si](C)(C)C(C)(C)C. The number of anilines is 1. The molecule has 172 valence electrons. The molecule has 1 aliphatic rings. The standard InChI is InChI=1S/C24H46N2O2Si2/c1-17-14-18(19-12-13-26-16-20(19)25)15-21(27-29(8,9)23(2,3)4)22(17)28-30(10,11)24(5,6)7/h12-13,16-18,21-22H,14-15,25H2,1-11H3/t17-,18+,21+,22?/m1/s1. The molecule has 0 saturated heterocycles. The summed E-state index contributed by atoms with van der Waals surface area (Å²) in [5.41, 5.74) is 8.32. The van der Waals surface area contributed by atoms with E-state index in [1.54, 1.807) is 6.20 Å². The first-order chi connectivity index (χ1) is 13.5. The van der Waals surface area contributed by atoms with Crippen LogP contribution in [0.15, 0.2) is 18.5 Å². The van der Waals surface area contributed by atoms with Crippen LogP contribution in [-0.4, -0.2) is 33.8 Å². The molecule has 1 aromatic rings. The quantitative estimate of drug-likeness (QED) is 0.493. The van der Waals surface area contributed by atoms with Gasteiger partial charge < -0.3 is 14.6 Å². The van der Waals surface area contributed by atoms with E-state index in [9.17, 15) is 0 Å². The van der Waals surface area contributed by atoms with Crippen molar-refractivity contribution < 1.29 is 8.85 Å². The predicted octanol–water partition coefficient (Wildman–Crippen LogP) is 6.96. The number of nitrogen functional groups attached to an aromatic ring is 1. The Kier molecular flexibility index (Phi) is 7.40. The molecule has 1 unspecified atom stereocenters. The van der Waals surface area contributed by atoms with Crippen molar-refractivity contribution in [1.29, 1.82) is 0 Å². The third-order valence-corrected chi connectivity index (χ3v) is 16.9. The van der Waals surface area contributed by atoms with Crippen molar-refractivity contribution in [1.82, 2.24) is 4.98 Å². The van der Waals surface area contributed by atoms with Gasteiger partial charge in [0.15, 0.2) is 16.6 Å². The van der Waals surface area contributed by atoms with E-state index >= 15 is 0 Å². The van der Waals surface area contributed by atoms with Crippen LogP contribution in [0.5, 0.6) is 0 Å². The lowest BCUT2D eigenvalue weighted by molar-refractivity contribution is -0.0304. The van der Waals surface area contributed by atoms with Crippen molar-refractivity contribution in [3.8, 4) is 0 Å². The minimum atomic E-state index is -1.94. The van der Waals surface area contributed by atoms with Gasteiger partial charge in [0.2, 0.25) is 0 Å². The number of hydrogen-bond acceptors (Lipinski definition) is 4. The average Bonchev–Trinajstić information content (AvgIpc) is 2.55. The monoisotopic (exact) mass is 450 g/mol. The van der Waals surface area contributed by atoms with Gasteiger partial charge in [0.1, 0.15) is 0 Å². The topological polar surface area (TPSA) is 57.4 Å². The molecular formula is C24H46N2O2Si2. The Bertz CT molecular complexity index is 723. The first-order valence-corrected chi connectivity index (χ1v) is 17.3. The molecule has 0 amide bonds. The third kappa shape index (κ3) is 5.56. The zero-order chi connectivity index (χ0) is 23.1. The van der Waals surface area contributed by atoms with Gasteiger partial charge in [0.25, 0.3) is 0 Å². The Hall–Kier alpha value is -0.696. The molecule has 4 nitrogen and oxygen atoms in total. The van der Waals surface area contributed by atoms with Crippen molar-refractivity contribution in [2.24, 2.45) is 5.92 Å². The van der Waals surface area contributed by atoms with Crippen LogP contribution in [0.4, 0.5) is 5.69 Å². The second-order valence-corrected chi connectivity index (χ2v) is 21.9. The zero-order valence-corrected chi connectivity index (χ0v) is 23.3. The number of hydrogen-bond donors (Lipinski definition) is 1. The highest BCUT2D eigenvalue weighted by atomic mass is 28.4. The van der Waals surface area contributed by atoms with Crippen molar-refractivity contribution >= 4 is 22.3 Å². The summed E-state index contributed by atoms with van der Waals surface area (Å²) in [7, 11) is -3.85. The summed E-state index contributed by atoms with van der Waals surface area (Å²) >= 11 is 0. The minimum absolute atomic E-state index is 0.0985. The van der Waals surface area contributed by atoms with Gasteiger partial charge in [-0.3, -0.25) is 4.98 Å². The summed E-state index contributed by atoms with van der Waals surface area (Å²) in [6.07, 6.45) is 5.91. The Balaban J connectivity index is 2.39. The fraction of sp³-hybridized carbons (Fsp3) is 0.792. The lowest BCUT2D eigenvalue weighted by Gasteiger charge is -2.50. The molecule has 0 aromatic carbocycles. The van der Waals surface area contributed by atoms with E-state index in [0.29, 0.717) is 11.8 Å². The normalized spacial score (nSPS) is 26.6. The number of pyridine rings is 1. The second kappa shape index (κ2) is 8.68. The number of nitrogens with two attached hydrogens (primary N) is 1. The van der Waals surface area contributed by atoms with E-state index in [1.165, 1.54) is 5.56 Å². The maximum absolute atomic E-state index is 7.06. The second-order valence-electron chi connectivity index (χ2n) is 12.4. The van der Waals surface area contributed by atoms with Gasteiger partial charge in [-0.1, -0.05) is 48.5 Å². The van der Waals surface area contributed by atoms with Crippen LogP contribution in [0.2, 0.25) is 36.3 Å². The van der Waals surface area contributed by atoms with Gasteiger partial charge in [0.05, 0.1) is 24.1 Å². The lowest BCUT2D eigenvalue weighted by Crippen LogP contribution is -2.55. The van der Waals surface area contributed by atoms with E-state index in [4.69, 9.17) is 14.6 Å². The van der Waals surface area contributed by atoms with Crippen LogP contribution >= 0.6 is 0 Å². The molecule has 1 heterocycles. The average molecular weight is 451 g/mol. The first kappa shape index (κ1) is 25.6. The lowest BCUT2D eigenvalue weighted by atomic mass is 9.75. The van der Waals surface area contributed by atoms with Crippen LogP contribution in [0.1, 0.15) is 72.8 Å². The van der Waals surface area contributed by atoms with Crippen LogP contribution < -0.4 is 5.73 Å². The molecule has 4 atom stereocenters. The molecule has 0 bridgehead atoms. The maximum atomic E-state index is 7.06. The molecule has 30 heavy (non-hydrogen) atoms. The summed E-state index contributed by atoms with van der Waals surface area (Å²) in [6.45, 7) is 25.6. The molecule has 1 aliphatic carbocycles. The third-order valence-electron chi connectivity index (χ3n) is 7.92. The van der Waals surface area contributed by atoms with E-state index in [-0.39, 0.29) is 22.3 Å². The fourth-order valence-corrected chi connectivity index (χ4v) is 6.64. The minimum Gasteiger partial charge on any atom is -0.411 e. The van der Waals surface area contributed by atoms with Gasteiger partial charge >= 0.3 is 0 Å². The highest BCUT2D eigenvalue weighted by Crippen LogP contribution is 2.47. The molecule has 0 radical (unpaired) electrons. The van der Waals surface area contributed by atoms with Crippen LogP contribution in [0.25, 0.3) is 0 Å².